The van der Waals surface area contributed by atoms with E-state index in [1.54, 1.807) is 31.3 Å². The highest BCUT2D eigenvalue weighted by atomic mass is 16.5. The van der Waals surface area contributed by atoms with Crippen LogP contribution in [0.5, 0.6) is 0 Å². The SMILES string of the molecule is Cc1cc(-c2cc(NC(=O)c3ccc(CNC(=O)OCC4c5ccccc5-c5ccccc54)nc3C)n[nH]2)ccn1. The fraction of sp³-hybridized carbons (Fsp3) is 0.156. The van der Waals surface area contributed by atoms with Gasteiger partial charge in [-0.15, -0.1) is 0 Å². The molecule has 3 heterocycles. The largest absolute Gasteiger partial charge is 0.449 e. The number of aromatic amines is 1. The molecule has 0 fully saturated rings. The Bertz CT molecular complexity index is 1720. The Morgan fingerprint density at radius 3 is 2.37 bits per heavy atom. The first-order valence-corrected chi connectivity index (χ1v) is 13.3. The number of hydrogen-bond donors (Lipinski definition) is 3. The molecule has 0 bridgehead atoms. The van der Waals surface area contributed by atoms with Gasteiger partial charge in [-0.1, -0.05) is 48.5 Å². The lowest BCUT2D eigenvalue weighted by molar-refractivity contribution is 0.102. The average molecular weight is 545 g/mol. The molecule has 2 aromatic carbocycles. The lowest BCUT2D eigenvalue weighted by Gasteiger charge is -2.14. The first-order chi connectivity index (χ1) is 20.0. The maximum absolute atomic E-state index is 12.9. The standard InChI is InChI=1S/C32H28N6O3/c1-19-15-21(13-14-33-19)29-16-30(38-37-29)36-31(39)23-12-11-22(35-20(23)2)17-34-32(40)41-18-28-26-9-5-3-7-24(26)25-8-4-6-10-27(25)28/h3-16,28H,17-18H2,1-2H3,(H,34,40)(H2,36,37,38,39). The number of aryl methyl sites for hydroxylation is 2. The van der Waals surface area contributed by atoms with Gasteiger partial charge in [0.1, 0.15) is 6.61 Å². The van der Waals surface area contributed by atoms with Crippen LogP contribution in [0.1, 0.15) is 44.5 Å². The molecule has 3 N–H and O–H groups in total. The highest BCUT2D eigenvalue weighted by molar-refractivity contribution is 6.04. The van der Waals surface area contributed by atoms with Crippen LogP contribution in [-0.2, 0) is 11.3 Å². The van der Waals surface area contributed by atoms with Crippen LogP contribution in [0.15, 0.2) is 85.1 Å². The molecule has 1 aliphatic rings. The van der Waals surface area contributed by atoms with Gasteiger partial charge in [0.2, 0.25) is 0 Å². The Morgan fingerprint density at radius 1 is 0.927 bits per heavy atom. The van der Waals surface area contributed by atoms with Crippen LogP contribution >= 0.6 is 0 Å². The molecule has 0 unspecified atom stereocenters. The molecule has 41 heavy (non-hydrogen) atoms. The van der Waals surface area contributed by atoms with Crippen molar-refractivity contribution in [3.63, 3.8) is 0 Å². The number of amides is 2. The number of aromatic nitrogens is 4. The van der Waals surface area contributed by atoms with Gasteiger partial charge in [0.05, 0.1) is 29.2 Å². The first kappa shape index (κ1) is 25.9. The maximum Gasteiger partial charge on any atom is 0.407 e. The number of benzene rings is 2. The molecule has 0 saturated carbocycles. The summed E-state index contributed by atoms with van der Waals surface area (Å²) in [4.78, 5) is 34.1. The van der Waals surface area contributed by atoms with Gasteiger partial charge in [0.25, 0.3) is 5.91 Å². The minimum Gasteiger partial charge on any atom is -0.449 e. The minimum absolute atomic E-state index is 0.00858. The number of hydrogen-bond acceptors (Lipinski definition) is 6. The number of H-pyrrole nitrogens is 1. The van der Waals surface area contributed by atoms with Crippen molar-refractivity contribution in [3.05, 3.63) is 119 Å². The van der Waals surface area contributed by atoms with Crippen LogP contribution in [0, 0.1) is 13.8 Å². The normalized spacial score (nSPS) is 12.0. The molecule has 0 radical (unpaired) electrons. The molecule has 5 aromatic rings. The van der Waals surface area contributed by atoms with Crippen LogP contribution in [0.4, 0.5) is 10.6 Å². The summed E-state index contributed by atoms with van der Waals surface area (Å²) in [6, 6.07) is 25.4. The van der Waals surface area contributed by atoms with Gasteiger partial charge in [-0.25, -0.2) is 4.79 Å². The number of carbonyl (C=O) groups excluding carboxylic acids is 2. The second-order valence-electron chi connectivity index (χ2n) is 9.92. The minimum atomic E-state index is -0.521. The van der Waals surface area contributed by atoms with Crippen molar-refractivity contribution < 1.29 is 14.3 Å². The molecule has 2 amide bonds. The van der Waals surface area contributed by atoms with Gasteiger partial charge < -0.3 is 15.4 Å². The van der Waals surface area contributed by atoms with Crippen LogP contribution in [0.3, 0.4) is 0 Å². The third-order valence-electron chi connectivity index (χ3n) is 7.17. The maximum atomic E-state index is 12.9. The Hall–Kier alpha value is -5.31. The number of ether oxygens (including phenoxy) is 1. The number of alkyl carbamates (subject to hydrolysis) is 1. The van der Waals surface area contributed by atoms with Crippen molar-refractivity contribution in [1.82, 2.24) is 25.5 Å². The smallest absolute Gasteiger partial charge is 0.407 e. The van der Waals surface area contributed by atoms with E-state index in [4.69, 9.17) is 4.74 Å². The van der Waals surface area contributed by atoms with Gasteiger partial charge >= 0.3 is 6.09 Å². The Labute approximate surface area is 237 Å². The van der Waals surface area contributed by atoms with Crippen molar-refractivity contribution >= 4 is 17.8 Å². The molecule has 9 heteroatoms. The van der Waals surface area contributed by atoms with Crippen molar-refractivity contribution in [1.29, 1.82) is 0 Å². The first-order valence-electron chi connectivity index (χ1n) is 13.3. The quantitative estimate of drug-likeness (QED) is 0.239. The van der Waals surface area contributed by atoms with E-state index in [9.17, 15) is 9.59 Å². The summed E-state index contributed by atoms with van der Waals surface area (Å²) in [7, 11) is 0. The number of fused-ring (bicyclic) bond motifs is 3. The summed E-state index contributed by atoms with van der Waals surface area (Å²) in [5.74, 6) is 0.0700. The summed E-state index contributed by atoms with van der Waals surface area (Å²) >= 11 is 0. The molecule has 0 atom stereocenters. The monoisotopic (exact) mass is 544 g/mol. The molecule has 204 valence electrons. The van der Waals surface area contributed by atoms with E-state index >= 15 is 0 Å². The van der Waals surface area contributed by atoms with Crippen molar-refractivity contribution in [2.75, 3.05) is 11.9 Å². The molecule has 0 spiro atoms. The molecule has 0 saturated heterocycles. The Morgan fingerprint density at radius 2 is 1.66 bits per heavy atom. The number of rotatable bonds is 7. The van der Waals surface area contributed by atoms with Crippen LogP contribution in [0.25, 0.3) is 22.4 Å². The summed E-state index contributed by atoms with van der Waals surface area (Å²) < 4.78 is 5.61. The van der Waals surface area contributed by atoms with Gasteiger partial charge in [0.15, 0.2) is 5.82 Å². The van der Waals surface area contributed by atoms with Crippen LogP contribution in [-0.4, -0.2) is 38.8 Å². The van der Waals surface area contributed by atoms with Crippen LogP contribution < -0.4 is 10.6 Å². The zero-order valence-corrected chi connectivity index (χ0v) is 22.6. The number of nitrogens with one attached hydrogen (secondary N) is 3. The lowest BCUT2D eigenvalue weighted by Crippen LogP contribution is -2.26. The molecular formula is C32H28N6O3. The predicted molar refractivity (Wildman–Crippen MR) is 155 cm³/mol. The van der Waals surface area contributed by atoms with Crippen molar-refractivity contribution in [3.8, 4) is 22.4 Å². The van der Waals surface area contributed by atoms with E-state index in [0.29, 0.717) is 22.8 Å². The Kier molecular flexibility index (Phi) is 6.99. The molecule has 6 rings (SSSR count). The molecule has 1 aliphatic carbocycles. The zero-order chi connectivity index (χ0) is 28.3. The number of anilines is 1. The Balaban J connectivity index is 1.04. The van der Waals surface area contributed by atoms with Gasteiger partial charge in [-0.2, -0.15) is 5.10 Å². The number of nitrogens with zero attached hydrogens (tertiary/aromatic N) is 3. The highest BCUT2D eigenvalue weighted by Gasteiger charge is 2.29. The summed E-state index contributed by atoms with van der Waals surface area (Å²) in [5, 5.41) is 12.7. The highest BCUT2D eigenvalue weighted by Crippen LogP contribution is 2.44. The van der Waals surface area contributed by atoms with Gasteiger partial charge in [0, 0.05) is 29.4 Å². The fourth-order valence-electron chi connectivity index (χ4n) is 5.19. The topological polar surface area (TPSA) is 122 Å². The molecule has 3 aromatic heterocycles. The third-order valence-corrected chi connectivity index (χ3v) is 7.17. The van der Waals surface area contributed by atoms with Gasteiger partial charge in [-0.3, -0.25) is 19.9 Å². The van der Waals surface area contributed by atoms with Crippen molar-refractivity contribution in [2.24, 2.45) is 0 Å². The lowest BCUT2D eigenvalue weighted by atomic mass is 9.98. The summed E-state index contributed by atoms with van der Waals surface area (Å²) in [6.07, 6.45) is 1.20. The fourth-order valence-corrected chi connectivity index (χ4v) is 5.19. The van der Waals surface area contributed by atoms with E-state index in [-0.39, 0.29) is 25.0 Å². The number of pyridine rings is 2. The molecule has 0 aliphatic heterocycles. The summed E-state index contributed by atoms with van der Waals surface area (Å²) in [6.45, 7) is 4.07. The van der Waals surface area contributed by atoms with Gasteiger partial charge in [-0.05, 0) is 60.4 Å². The van der Waals surface area contributed by atoms with E-state index < -0.39 is 6.09 Å². The third kappa shape index (κ3) is 5.42. The molecular weight excluding hydrogens is 516 g/mol. The molecule has 9 nitrogen and oxygen atoms in total. The second kappa shape index (κ2) is 11.1. The van der Waals surface area contributed by atoms with E-state index in [1.165, 1.54) is 11.1 Å². The predicted octanol–water partition coefficient (Wildman–Crippen LogP) is 5.77. The average Bonchev–Trinajstić information content (AvgIpc) is 3.57. The van der Waals surface area contributed by atoms with Crippen LogP contribution in [0.2, 0.25) is 0 Å². The summed E-state index contributed by atoms with van der Waals surface area (Å²) in [5.41, 5.74) is 8.83. The number of carbonyl (C=O) groups is 2. The van der Waals surface area contributed by atoms with E-state index in [1.807, 2.05) is 43.3 Å². The van der Waals surface area contributed by atoms with Crippen molar-refractivity contribution in [2.45, 2.75) is 26.3 Å². The van der Waals surface area contributed by atoms with E-state index in [2.05, 4.69) is 55.1 Å². The zero-order valence-electron chi connectivity index (χ0n) is 22.6. The van der Waals surface area contributed by atoms with E-state index in [0.717, 1.165) is 28.1 Å². The second-order valence-corrected chi connectivity index (χ2v) is 9.92.